The smallest absolute Gasteiger partial charge is 0.336 e. The van der Waals surface area contributed by atoms with Gasteiger partial charge in [-0.25, -0.2) is 9.18 Å². The summed E-state index contributed by atoms with van der Waals surface area (Å²) in [6, 6.07) is 1.70. The van der Waals surface area contributed by atoms with E-state index in [1.54, 1.807) is 6.07 Å². The van der Waals surface area contributed by atoms with Crippen LogP contribution < -0.4 is 0 Å². The molecule has 1 aromatic carbocycles. The third kappa shape index (κ3) is 1.61. The van der Waals surface area contributed by atoms with Gasteiger partial charge in [0, 0.05) is 10.6 Å². The second kappa shape index (κ2) is 3.81. The predicted octanol–water partition coefficient (Wildman–Crippen LogP) is 3.00. The molecule has 2 rings (SSSR count). The fourth-order valence-electron chi connectivity index (χ4n) is 2.14. The molecule has 0 aliphatic heterocycles. The number of benzene rings is 1. The van der Waals surface area contributed by atoms with Crippen molar-refractivity contribution in [3.05, 3.63) is 33.3 Å². The van der Waals surface area contributed by atoms with Gasteiger partial charge in [0.15, 0.2) is 0 Å². The van der Waals surface area contributed by atoms with Crippen molar-refractivity contribution >= 4 is 17.6 Å². The lowest BCUT2D eigenvalue weighted by atomic mass is 9.98. The summed E-state index contributed by atoms with van der Waals surface area (Å²) in [7, 11) is 0. The van der Waals surface area contributed by atoms with Gasteiger partial charge in [0.2, 0.25) is 0 Å². The highest BCUT2D eigenvalue weighted by atomic mass is 35.5. The topological polar surface area (TPSA) is 37.3 Å². The van der Waals surface area contributed by atoms with Gasteiger partial charge in [0.25, 0.3) is 0 Å². The van der Waals surface area contributed by atoms with Crippen molar-refractivity contribution in [1.82, 2.24) is 0 Å². The molecule has 15 heavy (non-hydrogen) atoms. The Morgan fingerprint density at radius 3 is 2.87 bits per heavy atom. The number of hydrogen-bond donors (Lipinski definition) is 1. The Balaban J connectivity index is 2.71. The number of alkyl halides is 1. The Morgan fingerprint density at radius 2 is 2.27 bits per heavy atom. The number of aromatic carboxylic acids is 1. The van der Waals surface area contributed by atoms with E-state index >= 15 is 0 Å². The Morgan fingerprint density at radius 1 is 1.53 bits per heavy atom. The standard InChI is InChI=1S/C11H10ClFO2/c12-9-4-6-2-1-3-7(6)10(11(14)15)8(9)5-13/h4H,1-3,5H2,(H,14,15). The molecular weight excluding hydrogens is 219 g/mol. The van der Waals surface area contributed by atoms with Crippen molar-refractivity contribution in [3.63, 3.8) is 0 Å². The maximum atomic E-state index is 12.7. The molecule has 0 spiro atoms. The molecule has 0 unspecified atom stereocenters. The van der Waals surface area contributed by atoms with Gasteiger partial charge in [-0.15, -0.1) is 0 Å². The van der Waals surface area contributed by atoms with Crippen molar-refractivity contribution in [2.45, 2.75) is 25.9 Å². The molecule has 0 aromatic heterocycles. The summed E-state index contributed by atoms with van der Waals surface area (Å²) in [5.41, 5.74) is 1.91. The number of carbonyl (C=O) groups is 1. The van der Waals surface area contributed by atoms with E-state index < -0.39 is 12.6 Å². The van der Waals surface area contributed by atoms with Crippen LogP contribution >= 0.6 is 11.6 Å². The van der Waals surface area contributed by atoms with Crippen LogP contribution in [0.5, 0.6) is 0 Å². The number of carboxylic acid groups (broad SMARTS) is 1. The van der Waals surface area contributed by atoms with E-state index in [1.165, 1.54) is 0 Å². The summed E-state index contributed by atoms with van der Waals surface area (Å²) >= 11 is 5.85. The molecule has 0 amide bonds. The molecule has 1 N–H and O–H groups in total. The first-order valence-corrected chi connectivity index (χ1v) is 5.15. The second-order valence-electron chi connectivity index (χ2n) is 3.64. The van der Waals surface area contributed by atoms with Crippen LogP contribution in [0.4, 0.5) is 4.39 Å². The molecule has 1 aromatic rings. The number of aryl methyl sites for hydroxylation is 1. The molecule has 0 saturated heterocycles. The zero-order valence-corrected chi connectivity index (χ0v) is 8.77. The predicted molar refractivity (Wildman–Crippen MR) is 55.2 cm³/mol. The van der Waals surface area contributed by atoms with E-state index in [1.807, 2.05) is 0 Å². The monoisotopic (exact) mass is 228 g/mol. The molecule has 4 heteroatoms. The number of carboxylic acids is 1. The molecule has 0 bridgehead atoms. The van der Waals surface area contributed by atoms with Gasteiger partial charge in [0.05, 0.1) is 5.56 Å². The highest BCUT2D eigenvalue weighted by Gasteiger charge is 2.24. The second-order valence-corrected chi connectivity index (χ2v) is 4.05. The van der Waals surface area contributed by atoms with Gasteiger partial charge >= 0.3 is 5.97 Å². The van der Waals surface area contributed by atoms with Crippen LogP contribution in [0, 0.1) is 0 Å². The minimum atomic E-state index is -1.08. The molecule has 0 radical (unpaired) electrons. The third-order valence-electron chi connectivity index (χ3n) is 2.80. The maximum absolute atomic E-state index is 12.7. The van der Waals surface area contributed by atoms with Crippen molar-refractivity contribution in [2.24, 2.45) is 0 Å². The Kier molecular flexibility index (Phi) is 2.65. The molecular formula is C11H10ClFO2. The summed E-state index contributed by atoms with van der Waals surface area (Å²) in [6.07, 6.45) is 2.46. The van der Waals surface area contributed by atoms with Crippen molar-refractivity contribution in [3.8, 4) is 0 Å². The minimum Gasteiger partial charge on any atom is -0.478 e. The van der Waals surface area contributed by atoms with Crippen LogP contribution in [0.3, 0.4) is 0 Å². The van der Waals surface area contributed by atoms with E-state index in [4.69, 9.17) is 16.7 Å². The van der Waals surface area contributed by atoms with E-state index in [9.17, 15) is 9.18 Å². The number of hydrogen-bond acceptors (Lipinski definition) is 1. The maximum Gasteiger partial charge on any atom is 0.336 e. The summed E-state index contributed by atoms with van der Waals surface area (Å²) in [6.45, 7) is -0.826. The molecule has 80 valence electrons. The first kappa shape index (κ1) is 10.4. The first-order chi connectivity index (χ1) is 7.15. The Hall–Kier alpha value is -1.09. The van der Waals surface area contributed by atoms with E-state index in [0.717, 1.165) is 24.0 Å². The van der Waals surface area contributed by atoms with Crippen LogP contribution in [0.15, 0.2) is 6.07 Å². The number of halogens is 2. The van der Waals surface area contributed by atoms with Crippen molar-refractivity contribution < 1.29 is 14.3 Å². The molecule has 2 nitrogen and oxygen atoms in total. The van der Waals surface area contributed by atoms with Gasteiger partial charge in [-0.1, -0.05) is 11.6 Å². The molecule has 0 saturated carbocycles. The third-order valence-corrected chi connectivity index (χ3v) is 3.14. The minimum absolute atomic E-state index is 0.0810. The SMILES string of the molecule is O=C(O)c1c(CF)c(Cl)cc2c1CCC2. The summed E-state index contributed by atoms with van der Waals surface area (Å²) < 4.78 is 12.7. The van der Waals surface area contributed by atoms with Gasteiger partial charge in [0.1, 0.15) is 6.67 Å². The lowest BCUT2D eigenvalue weighted by Gasteiger charge is -2.10. The summed E-state index contributed by atoms with van der Waals surface area (Å²) in [5.74, 6) is -1.08. The summed E-state index contributed by atoms with van der Waals surface area (Å²) in [4.78, 5) is 11.1. The fraction of sp³-hybridized carbons (Fsp3) is 0.364. The molecule has 0 fully saturated rings. The zero-order chi connectivity index (χ0) is 11.0. The van der Waals surface area contributed by atoms with Crippen LogP contribution in [0.25, 0.3) is 0 Å². The van der Waals surface area contributed by atoms with E-state index in [0.29, 0.717) is 6.42 Å². The van der Waals surface area contributed by atoms with Crippen molar-refractivity contribution in [2.75, 3.05) is 0 Å². The average Bonchev–Trinajstić information content (AvgIpc) is 2.62. The van der Waals surface area contributed by atoms with Gasteiger partial charge in [-0.2, -0.15) is 0 Å². The largest absolute Gasteiger partial charge is 0.478 e. The fourth-order valence-corrected chi connectivity index (χ4v) is 2.42. The lowest BCUT2D eigenvalue weighted by Crippen LogP contribution is -2.07. The zero-order valence-electron chi connectivity index (χ0n) is 8.02. The van der Waals surface area contributed by atoms with Crippen LogP contribution in [0.1, 0.15) is 33.5 Å². The van der Waals surface area contributed by atoms with Crippen molar-refractivity contribution in [1.29, 1.82) is 0 Å². The number of rotatable bonds is 2. The van der Waals surface area contributed by atoms with Crippen LogP contribution in [-0.4, -0.2) is 11.1 Å². The quantitative estimate of drug-likeness (QED) is 0.845. The van der Waals surface area contributed by atoms with E-state index in [-0.39, 0.29) is 16.1 Å². The van der Waals surface area contributed by atoms with Gasteiger partial charge in [-0.05, 0) is 36.5 Å². The Labute approximate surface area is 91.7 Å². The number of fused-ring (bicyclic) bond motifs is 1. The van der Waals surface area contributed by atoms with Gasteiger partial charge in [-0.3, -0.25) is 0 Å². The average molecular weight is 229 g/mol. The summed E-state index contributed by atoms with van der Waals surface area (Å²) in [5, 5.41) is 9.29. The molecule has 1 aliphatic carbocycles. The highest BCUT2D eigenvalue weighted by Crippen LogP contribution is 2.33. The van der Waals surface area contributed by atoms with Crippen LogP contribution in [0.2, 0.25) is 5.02 Å². The first-order valence-electron chi connectivity index (χ1n) is 4.77. The van der Waals surface area contributed by atoms with Gasteiger partial charge < -0.3 is 5.11 Å². The normalized spacial score (nSPS) is 14.0. The molecule has 0 heterocycles. The Bertz CT molecular complexity index is 425. The lowest BCUT2D eigenvalue weighted by molar-refractivity contribution is 0.0693. The highest BCUT2D eigenvalue weighted by molar-refractivity contribution is 6.32. The molecule has 0 atom stereocenters. The van der Waals surface area contributed by atoms with E-state index in [2.05, 4.69) is 0 Å². The van der Waals surface area contributed by atoms with Crippen LogP contribution in [-0.2, 0) is 19.5 Å². The molecule has 1 aliphatic rings.